The maximum absolute atomic E-state index is 12.0. The van der Waals surface area contributed by atoms with Crippen LogP contribution in [0.3, 0.4) is 0 Å². The van der Waals surface area contributed by atoms with Crippen LogP contribution in [0.25, 0.3) is 10.2 Å². The van der Waals surface area contributed by atoms with E-state index in [4.69, 9.17) is 11.6 Å². The zero-order chi connectivity index (χ0) is 11.0. The van der Waals surface area contributed by atoms with Crippen molar-refractivity contribution in [3.05, 3.63) is 27.1 Å². The third kappa shape index (κ3) is 1.68. The van der Waals surface area contributed by atoms with Gasteiger partial charge < -0.3 is 0 Å². The lowest BCUT2D eigenvalue weighted by molar-refractivity contribution is 0.723. The molecule has 2 aromatic heterocycles. The lowest BCUT2D eigenvalue weighted by atomic mass is 10.2. The fraction of sp³-hybridized carbons (Fsp3) is 0.400. The summed E-state index contributed by atoms with van der Waals surface area (Å²) in [7, 11) is 0. The molecule has 0 saturated carbocycles. The molecule has 15 heavy (non-hydrogen) atoms. The summed E-state index contributed by atoms with van der Waals surface area (Å²) in [5.74, 6) is 0.426. The quantitative estimate of drug-likeness (QED) is 0.758. The van der Waals surface area contributed by atoms with Crippen LogP contribution in [0, 0.1) is 13.8 Å². The second-order valence-electron chi connectivity index (χ2n) is 3.40. The maximum atomic E-state index is 12.0. The van der Waals surface area contributed by atoms with E-state index in [-0.39, 0.29) is 5.56 Å². The molecule has 0 fully saturated rings. The van der Waals surface area contributed by atoms with Gasteiger partial charge in [-0.3, -0.25) is 9.36 Å². The summed E-state index contributed by atoms with van der Waals surface area (Å²) in [5.41, 5.74) is 1.05. The predicted octanol–water partition coefficient (Wildman–Crippen LogP) is 2.31. The largest absolute Gasteiger partial charge is 0.297 e. The molecule has 3 nitrogen and oxygen atoms in total. The second kappa shape index (κ2) is 3.94. The van der Waals surface area contributed by atoms with Crippen LogP contribution < -0.4 is 5.56 Å². The molecule has 0 aromatic carbocycles. The highest BCUT2D eigenvalue weighted by molar-refractivity contribution is 7.18. The number of aryl methyl sites for hydroxylation is 3. The van der Waals surface area contributed by atoms with Gasteiger partial charge in [-0.25, -0.2) is 4.98 Å². The number of aromatic nitrogens is 2. The lowest BCUT2D eigenvalue weighted by Crippen LogP contribution is -2.21. The third-order valence-corrected chi connectivity index (χ3v) is 3.77. The molecule has 0 aliphatic carbocycles. The van der Waals surface area contributed by atoms with Crippen molar-refractivity contribution < 1.29 is 0 Å². The van der Waals surface area contributed by atoms with Gasteiger partial charge in [0.05, 0.1) is 11.7 Å². The summed E-state index contributed by atoms with van der Waals surface area (Å²) in [4.78, 5) is 18.3. The Balaban J connectivity index is 2.77. The van der Waals surface area contributed by atoms with E-state index in [1.165, 1.54) is 0 Å². The van der Waals surface area contributed by atoms with E-state index >= 15 is 0 Å². The van der Waals surface area contributed by atoms with E-state index in [2.05, 4.69) is 4.98 Å². The van der Waals surface area contributed by atoms with Gasteiger partial charge in [-0.2, -0.15) is 0 Å². The first-order valence-corrected chi connectivity index (χ1v) is 6.01. The van der Waals surface area contributed by atoms with Crippen LogP contribution >= 0.6 is 22.9 Å². The van der Waals surface area contributed by atoms with E-state index in [1.807, 2.05) is 13.8 Å². The Morgan fingerprint density at radius 2 is 2.27 bits per heavy atom. The fourth-order valence-corrected chi connectivity index (χ4v) is 2.69. The van der Waals surface area contributed by atoms with Gasteiger partial charge in [0.15, 0.2) is 0 Å². The van der Waals surface area contributed by atoms with Crippen LogP contribution in [0.2, 0.25) is 0 Å². The highest BCUT2D eigenvalue weighted by Gasteiger charge is 2.11. The first kappa shape index (κ1) is 10.6. The fourth-order valence-electron chi connectivity index (χ4n) is 1.52. The van der Waals surface area contributed by atoms with Crippen molar-refractivity contribution in [1.82, 2.24) is 9.55 Å². The minimum absolute atomic E-state index is 0.0162. The molecule has 5 heteroatoms. The molecule has 0 aliphatic heterocycles. The van der Waals surface area contributed by atoms with Crippen LogP contribution in [0.5, 0.6) is 0 Å². The van der Waals surface area contributed by atoms with Crippen LogP contribution in [0.4, 0.5) is 0 Å². The Bertz CT molecular complexity index is 558. The van der Waals surface area contributed by atoms with Gasteiger partial charge in [0, 0.05) is 17.3 Å². The smallest absolute Gasteiger partial charge is 0.262 e. The topological polar surface area (TPSA) is 34.9 Å². The minimum Gasteiger partial charge on any atom is -0.297 e. The summed E-state index contributed by atoms with van der Waals surface area (Å²) in [5, 5.41) is 0.741. The average molecular weight is 243 g/mol. The van der Waals surface area contributed by atoms with Gasteiger partial charge in [-0.1, -0.05) is 0 Å². The SMILES string of the molecule is Cc1sc2ncn(CCCl)c(=O)c2c1C. The molecule has 2 aromatic rings. The molecular formula is C10H11ClN2OS. The average Bonchev–Trinajstić information content (AvgIpc) is 2.49. The minimum atomic E-state index is 0.0162. The Morgan fingerprint density at radius 1 is 1.53 bits per heavy atom. The van der Waals surface area contributed by atoms with Crippen molar-refractivity contribution in [2.45, 2.75) is 20.4 Å². The highest BCUT2D eigenvalue weighted by atomic mass is 35.5. The second-order valence-corrected chi connectivity index (χ2v) is 4.98. The lowest BCUT2D eigenvalue weighted by Gasteiger charge is -2.01. The van der Waals surface area contributed by atoms with Crippen molar-refractivity contribution in [2.24, 2.45) is 0 Å². The van der Waals surface area contributed by atoms with Crippen LogP contribution in [0.15, 0.2) is 11.1 Å². The number of thiophene rings is 1. The Labute approximate surface area is 96.3 Å². The molecule has 2 rings (SSSR count). The predicted molar refractivity (Wildman–Crippen MR) is 64.1 cm³/mol. The Hall–Kier alpha value is -0.870. The summed E-state index contributed by atoms with van der Waals surface area (Å²) < 4.78 is 1.56. The van der Waals surface area contributed by atoms with E-state index < -0.39 is 0 Å². The summed E-state index contributed by atoms with van der Waals surface area (Å²) in [6, 6.07) is 0. The van der Waals surface area contributed by atoms with Gasteiger partial charge in [-0.05, 0) is 19.4 Å². The van der Waals surface area contributed by atoms with Gasteiger partial charge in [0.1, 0.15) is 4.83 Å². The zero-order valence-corrected chi connectivity index (χ0v) is 10.2. The third-order valence-electron chi connectivity index (χ3n) is 2.48. The molecule has 0 aliphatic rings. The number of halogens is 1. The normalized spacial score (nSPS) is 11.1. The molecule has 0 bridgehead atoms. The summed E-state index contributed by atoms with van der Waals surface area (Å²) in [6.07, 6.45) is 1.57. The molecule has 0 amide bonds. The van der Waals surface area contributed by atoms with Gasteiger partial charge in [-0.15, -0.1) is 22.9 Å². The van der Waals surface area contributed by atoms with Crippen molar-refractivity contribution >= 4 is 33.2 Å². The maximum Gasteiger partial charge on any atom is 0.262 e. The van der Waals surface area contributed by atoms with Crippen molar-refractivity contribution in [3.8, 4) is 0 Å². The number of fused-ring (bicyclic) bond motifs is 1. The molecule has 0 radical (unpaired) electrons. The summed E-state index contributed by atoms with van der Waals surface area (Å²) >= 11 is 7.18. The molecule has 0 atom stereocenters. The van der Waals surface area contributed by atoms with E-state index in [0.717, 1.165) is 20.7 Å². The first-order chi connectivity index (χ1) is 7.15. The molecule has 0 spiro atoms. The van der Waals surface area contributed by atoms with Crippen LogP contribution in [0.1, 0.15) is 10.4 Å². The van der Waals surface area contributed by atoms with Gasteiger partial charge >= 0.3 is 0 Å². The van der Waals surface area contributed by atoms with Crippen molar-refractivity contribution in [3.63, 3.8) is 0 Å². The number of nitrogens with zero attached hydrogens (tertiary/aromatic N) is 2. The summed E-state index contributed by atoms with van der Waals surface area (Å²) in [6.45, 7) is 4.48. The van der Waals surface area contributed by atoms with E-state index in [0.29, 0.717) is 12.4 Å². The molecule has 0 saturated heterocycles. The van der Waals surface area contributed by atoms with Gasteiger partial charge in [0.25, 0.3) is 5.56 Å². The monoisotopic (exact) mass is 242 g/mol. The molecule has 2 heterocycles. The number of hydrogen-bond acceptors (Lipinski definition) is 3. The number of rotatable bonds is 2. The standard InChI is InChI=1S/C10H11ClN2OS/c1-6-7(2)15-9-8(6)10(14)13(4-3-11)5-12-9/h5H,3-4H2,1-2H3. The van der Waals surface area contributed by atoms with Gasteiger partial charge in [0.2, 0.25) is 0 Å². The van der Waals surface area contributed by atoms with E-state index in [9.17, 15) is 4.79 Å². The van der Waals surface area contributed by atoms with Crippen LogP contribution in [-0.2, 0) is 6.54 Å². The Morgan fingerprint density at radius 3 is 2.93 bits per heavy atom. The molecule has 80 valence electrons. The first-order valence-electron chi connectivity index (χ1n) is 4.66. The zero-order valence-electron chi connectivity index (χ0n) is 8.58. The molecule has 0 unspecified atom stereocenters. The van der Waals surface area contributed by atoms with Crippen molar-refractivity contribution in [2.75, 3.05) is 5.88 Å². The number of alkyl halides is 1. The number of hydrogen-bond donors (Lipinski definition) is 0. The molecule has 0 N–H and O–H groups in total. The highest BCUT2D eigenvalue weighted by Crippen LogP contribution is 2.25. The van der Waals surface area contributed by atoms with Crippen LogP contribution in [-0.4, -0.2) is 15.4 Å². The van der Waals surface area contributed by atoms with Crippen molar-refractivity contribution in [1.29, 1.82) is 0 Å². The molecular weight excluding hydrogens is 232 g/mol. The van der Waals surface area contributed by atoms with E-state index in [1.54, 1.807) is 22.2 Å². The Kier molecular flexibility index (Phi) is 2.80.